The zero-order valence-corrected chi connectivity index (χ0v) is 13.1. The predicted octanol–water partition coefficient (Wildman–Crippen LogP) is 3.44. The highest BCUT2D eigenvalue weighted by Gasteiger charge is 2.12. The Bertz CT molecular complexity index is 535. The van der Waals surface area contributed by atoms with E-state index in [-0.39, 0.29) is 0 Å². The number of hydrogen-bond acceptors (Lipinski definition) is 1. The molecule has 0 fully saturated rings. The molecular formula is C16H23N2S+. The number of rotatable bonds is 5. The molecule has 2 aromatic rings. The summed E-state index contributed by atoms with van der Waals surface area (Å²) >= 11 is 1.99. The number of thioether (sulfide) groups is 1. The van der Waals surface area contributed by atoms with E-state index < -0.39 is 0 Å². The summed E-state index contributed by atoms with van der Waals surface area (Å²) in [6.45, 7) is 9.82. The van der Waals surface area contributed by atoms with Gasteiger partial charge in [0.15, 0.2) is 0 Å². The van der Waals surface area contributed by atoms with Gasteiger partial charge in [-0.05, 0) is 37.7 Å². The number of imidazole rings is 1. The first kappa shape index (κ1) is 14.2. The van der Waals surface area contributed by atoms with Crippen LogP contribution in [0.4, 0.5) is 0 Å². The van der Waals surface area contributed by atoms with Gasteiger partial charge in [0, 0.05) is 5.75 Å². The van der Waals surface area contributed by atoms with E-state index in [0.29, 0.717) is 0 Å². The van der Waals surface area contributed by atoms with E-state index in [1.165, 1.54) is 33.9 Å². The molecule has 1 aromatic heterocycles. The Hall–Kier alpha value is -1.22. The molecule has 19 heavy (non-hydrogen) atoms. The van der Waals surface area contributed by atoms with E-state index >= 15 is 0 Å². The molecule has 3 heteroatoms. The number of hydrogen-bond donors (Lipinski definition) is 0. The van der Waals surface area contributed by atoms with E-state index in [1.54, 1.807) is 0 Å². The van der Waals surface area contributed by atoms with E-state index in [0.717, 1.165) is 6.54 Å². The van der Waals surface area contributed by atoms with Crippen molar-refractivity contribution in [3.05, 3.63) is 47.5 Å². The second kappa shape index (κ2) is 6.29. The van der Waals surface area contributed by atoms with E-state index in [4.69, 9.17) is 0 Å². The summed E-state index contributed by atoms with van der Waals surface area (Å²) in [7, 11) is 0. The first-order chi connectivity index (χ1) is 9.11. The second-order valence-electron chi connectivity index (χ2n) is 5.00. The maximum Gasteiger partial charge on any atom is 0.249 e. The van der Waals surface area contributed by atoms with Gasteiger partial charge >= 0.3 is 0 Å². The molecule has 0 N–H and O–H groups in total. The van der Waals surface area contributed by atoms with Crippen molar-refractivity contribution >= 4 is 11.8 Å². The van der Waals surface area contributed by atoms with Gasteiger partial charge in [0.25, 0.3) is 0 Å². The highest BCUT2D eigenvalue weighted by Crippen LogP contribution is 2.20. The maximum atomic E-state index is 2.27. The molecule has 1 heterocycles. The average Bonchev–Trinajstić information content (AvgIpc) is 2.76. The molecule has 0 aliphatic heterocycles. The van der Waals surface area contributed by atoms with Crippen LogP contribution in [-0.2, 0) is 6.54 Å². The lowest BCUT2D eigenvalue weighted by molar-refractivity contribution is -0.691. The molecule has 0 spiro atoms. The van der Waals surface area contributed by atoms with E-state index in [9.17, 15) is 0 Å². The average molecular weight is 275 g/mol. The van der Waals surface area contributed by atoms with Crippen molar-refractivity contribution in [3.8, 4) is 5.69 Å². The Labute approximate surface area is 120 Å². The monoisotopic (exact) mass is 275 g/mol. The molecule has 1 aromatic carbocycles. The molecular weight excluding hydrogens is 252 g/mol. The second-order valence-corrected chi connectivity index (χ2v) is 6.40. The van der Waals surface area contributed by atoms with Crippen LogP contribution in [0.2, 0.25) is 0 Å². The molecule has 0 bridgehead atoms. The van der Waals surface area contributed by atoms with Gasteiger partial charge in [-0.2, -0.15) is 11.8 Å². The summed E-state index contributed by atoms with van der Waals surface area (Å²) in [5, 5.41) is 0. The molecule has 2 nitrogen and oxygen atoms in total. The minimum Gasteiger partial charge on any atom is -0.236 e. The Morgan fingerprint density at radius 3 is 2.47 bits per heavy atom. The Morgan fingerprint density at radius 2 is 1.84 bits per heavy atom. The quantitative estimate of drug-likeness (QED) is 0.600. The van der Waals surface area contributed by atoms with Crippen LogP contribution in [-0.4, -0.2) is 16.1 Å². The first-order valence-electron chi connectivity index (χ1n) is 6.85. The summed E-state index contributed by atoms with van der Waals surface area (Å²) in [6, 6.07) is 4.50. The van der Waals surface area contributed by atoms with Gasteiger partial charge in [0.2, 0.25) is 6.33 Å². The molecule has 0 saturated carbocycles. The predicted molar refractivity (Wildman–Crippen MR) is 83.2 cm³/mol. The van der Waals surface area contributed by atoms with Crippen molar-refractivity contribution in [1.29, 1.82) is 0 Å². The third kappa shape index (κ3) is 3.41. The molecule has 0 aliphatic rings. The minimum atomic E-state index is 1.08. The van der Waals surface area contributed by atoms with E-state index in [1.807, 2.05) is 11.8 Å². The zero-order valence-electron chi connectivity index (χ0n) is 12.3. The molecule has 0 unspecified atom stereocenters. The van der Waals surface area contributed by atoms with Crippen molar-refractivity contribution in [2.75, 3.05) is 11.5 Å². The van der Waals surface area contributed by atoms with Crippen molar-refractivity contribution in [1.82, 2.24) is 4.57 Å². The zero-order chi connectivity index (χ0) is 13.8. The number of aromatic nitrogens is 2. The molecule has 2 rings (SSSR count). The summed E-state index contributed by atoms with van der Waals surface area (Å²) in [4.78, 5) is 0. The lowest BCUT2D eigenvalue weighted by Gasteiger charge is -2.07. The summed E-state index contributed by atoms with van der Waals surface area (Å²) in [5.74, 6) is 2.37. The van der Waals surface area contributed by atoms with Crippen molar-refractivity contribution in [3.63, 3.8) is 0 Å². The van der Waals surface area contributed by atoms with Crippen LogP contribution in [0.25, 0.3) is 5.69 Å². The van der Waals surface area contributed by atoms with Crippen LogP contribution >= 0.6 is 11.8 Å². The van der Waals surface area contributed by atoms with E-state index in [2.05, 4.69) is 67.7 Å². The fourth-order valence-electron chi connectivity index (χ4n) is 2.55. The number of benzene rings is 1. The summed E-state index contributed by atoms with van der Waals surface area (Å²) in [6.07, 6.45) is 6.51. The summed E-state index contributed by atoms with van der Waals surface area (Å²) in [5.41, 5.74) is 5.32. The molecule has 0 atom stereocenters. The smallest absolute Gasteiger partial charge is 0.236 e. The van der Waals surface area contributed by atoms with Gasteiger partial charge in [0.1, 0.15) is 18.1 Å². The SMILES string of the molecule is CCSCC[n+]1ccn(-c2c(C)cc(C)cc2C)c1. The molecule has 0 amide bonds. The van der Waals surface area contributed by atoms with Gasteiger partial charge in [-0.15, -0.1) is 0 Å². The summed E-state index contributed by atoms with van der Waals surface area (Å²) < 4.78 is 4.50. The van der Waals surface area contributed by atoms with Crippen molar-refractivity contribution < 1.29 is 4.57 Å². The van der Waals surface area contributed by atoms with Crippen LogP contribution < -0.4 is 4.57 Å². The Balaban J connectivity index is 2.23. The van der Waals surface area contributed by atoms with Crippen LogP contribution in [0.5, 0.6) is 0 Å². The van der Waals surface area contributed by atoms with Gasteiger partial charge in [-0.3, -0.25) is 0 Å². The maximum absolute atomic E-state index is 2.27. The number of aryl methyl sites for hydroxylation is 4. The van der Waals surface area contributed by atoms with Crippen LogP contribution in [0, 0.1) is 20.8 Å². The van der Waals surface area contributed by atoms with Crippen molar-refractivity contribution in [2.45, 2.75) is 34.2 Å². The van der Waals surface area contributed by atoms with Crippen LogP contribution in [0.15, 0.2) is 30.9 Å². The lowest BCUT2D eigenvalue weighted by atomic mass is 10.1. The fraction of sp³-hybridized carbons (Fsp3) is 0.438. The molecule has 0 radical (unpaired) electrons. The molecule has 102 valence electrons. The third-order valence-electron chi connectivity index (χ3n) is 3.28. The fourth-order valence-corrected chi connectivity index (χ4v) is 3.18. The highest BCUT2D eigenvalue weighted by atomic mass is 32.2. The lowest BCUT2D eigenvalue weighted by Crippen LogP contribution is -2.32. The highest BCUT2D eigenvalue weighted by molar-refractivity contribution is 7.99. The van der Waals surface area contributed by atoms with Crippen LogP contribution in [0.3, 0.4) is 0 Å². The topological polar surface area (TPSA) is 8.81 Å². The van der Waals surface area contributed by atoms with Crippen molar-refractivity contribution in [2.24, 2.45) is 0 Å². The van der Waals surface area contributed by atoms with Gasteiger partial charge < -0.3 is 0 Å². The number of nitrogens with zero attached hydrogens (tertiary/aromatic N) is 2. The standard InChI is InChI=1S/C16H23N2S/c1-5-19-9-8-17-6-7-18(12-17)16-14(3)10-13(2)11-15(16)4/h6-7,10-12H,5,8-9H2,1-4H3/q+1. The normalized spacial score (nSPS) is 10.9. The van der Waals surface area contributed by atoms with Gasteiger partial charge in [0.05, 0.1) is 6.54 Å². The van der Waals surface area contributed by atoms with Gasteiger partial charge in [-0.1, -0.05) is 24.6 Å². The first-order valence-corrected chi connectivity index (χ1v) is 8.00. The molecule has 0 aliphatic carbocycles. The largest absolute Gasteiger partial charge is 0.249 e. The molecule has 0 saturated heterocycles. The van der Waals surface area contributed by atoms with Crippen LogP contribution in [0.1, 0.15) is 23.6 Å². The van der Waals surface area contributed by atoms with Gasteiger partial charge in [-0.25, -0.2) is 9.13 Å². The third-order valence-corrected chi connectivity index (χ3v) is 4.16. The Morgan fingerprint density at radius 1 is 1.16 bits per heavy atom. The minimum absolute atomic E-state index is 1.08. The Kier molecular flexibility index (Phi) is 4.70.